The lowest BCUT2D eigenvalue weighted by molar-refractivity contribution is -0.387. The highest BCUT2D eigenvalue weighted by molar-refractivity contribution is 14.1. The Morgan fingerprint density at radius 1 is 1.25 bits per heavy atom. The Morgan fingerprint density at radius 2 is 1.96 bits per heavy atom. The Balaban J connectivity index is 2.08. The predicted octanol–water partition coefficient (Wildman–Crippen LogP) is 3.03. The zero-order valence-electron chi connectivity index (χ0n) is 12.2. The average Bonchev–Trinajstić information content (AvgIpc) is 2.54. The van der Waals surface area contributed by atoms with Crippen LogP contribution in [0.5, 0.6) is 0 Å². The number of thioether (sulfide) groups is 1. The van der Waals surface area contributed by atoms with E-state index in [2.05, 4.69) is 27.9 Å². The van der Waals surface area contributed by atoms with E-state index in [-0.39, 0.29) is 22.9 Å². The van der Waals surface area contributed by atoms with Gasteiger partial charge in [0.25, 0.3) is 5.69 Å². The lowest BCUT2D eigenvalue weighted by Crippen LogP contribution is -2.15. The number of primary amides is 1. The number of amides is 2. The molecule has 2 aromatic rings. The Kier molecular flexibility index (Phi) is 6.15. The quantitative estimate of drug-likeness (QED) is 0.300. The third-order valence-corrected chi connectivity index (χ3v) is 4.95. The minimum Gasteiger partial charge on any atom is -0.366 e. The van der Waals surface area contributed by atoms with Gasteiger partial charge < -0.3 is 11.1 Å². The molecule has 0 radical (unpaired) electrons. The number of hydrogen-bond acceptors (Lipinski definition) is 5. The van der Waals surface area contributed by atoms with E-state index in [0.717, 1.165) is 21.4 Å². The van der Waals surface area contributed by atoms with Gasteiger partial charge in [0, 0.05) is 15.2 Å². The normalized spacial score (nSPS) is 10.2. The van der Waals surface area contributed by atoms with Crippen molar-refractivity contribution in [1.29, 1.82) is 0 Å². The Bertz CT molecular complexity index is 813. The van der Waals surface area contributed by atoms with Gasteiger partial charge in [-0.2, -0.15) is 0 Å². The van der Waals surface area contributed by atoms with Crippen LogP contribution >= 0.6 is 34.4 Å². The summed E-state index contributed by atoms with van der Waals surface area (Å²) in [5.41, 5.74) is 5.60. The lowest BCUT2D eigenvalue weighted by Gasteiger charge is -2.07. The summed E-state index contributed by atoms with van der Waals surface area (Å²) in [4.78, 5) is 33.9. The number of nitrogens with zero attached hydrogens (tertiary/aromatic N) is 1. The molecule has 7 nitrogen and oxygen atoms in total. The van der Waals surface area contributed by atoms with Crippen LogP contribution in [0.25, 0.3) is 0 Å². The molecule has 0 fully saturated rings. The van der Waals surface area contributed by atoms with Crippen molar-refractivity contribution >= 4 is 57.5 Å². The number of anilines is 1. The van der Waals surface area contributed by atoms with Gasteiger partial charge in [-0.3, -0.25) is 19.7 Å². The number of nitro benzene ring substituents is 1. The van der Waals surface area contributed by atoms with Crippen LogP contribution in [0.15, 0.2) is 47.4 Å². The predicted molar refractivity (Wildman–Crippen MR) is 100 cm³/mol. The third-order valence-electron chi connectivity index (χ3n) is 2.95. The molecule has 9 heteroatoms. The smallest absolute Gasteiger partial charge is 0.283 e. The molecule has 0 aliphatic carbocycles. The van der Waals surface area contributed by atoms with Gasteiger partial charge in [-0.05, 0) is 46.9 Å². The molecule has 3 N–H and O–H groups in total. The van der Waals surface area contributed by atoms with Gasteiger partial charge in [0.1, 0.15) is 0 Å². The molecule has 0 aliphatic heterocycles. The van der Waals surface area contributed by atoms with Gasteiger partial charge in [0.15, 0.2) is 0 Å². The second-order valence-electron chi connectivity index (χ2n) is 4.62. The first-order valence-corrected chi connectivity index (χ1v) is 8.70. The molecule has 0 aliphatic rings. The van der Waals surface area contributed by atoms with Crippen LogP contribution < -0.4 is 11.1 Å². The Hall–Kier alpha value is -2.14. The molecule has 2 aromatic carbocycles. The van der Waals surface area contributed by atoms with Crippen molar-refractivity contribution in [3.63, 3.8) is 0 Å². The fraction of sp³-hybridized carbons (Fsp3) is 0.0667. The standard InChI is InChI=1S/C15H12IN3O4S/c16-10-3-1-2-4-11(10)18-14(20)8-24-13-6-5-9(15(17)21)7-12(13)19(22)23/h1-7H,8H2,(H2,17,21)(H,18,20). The van der Waals surface area contributed by atoms with E-state index in [9.17, 15) is 19.7 Å². The van der Waals surface area contributed by atoms with Crippen molar-refractivity contribution in [3.05, 3.63) is 61.7 Å². The molecule has 0 bridgehead atoms. The summed E-state index contributed by atoms with van der Waals surface area (Å²) in [6.45, 7) is 0. The van der Waals surface area contributed by atoms with Crippen LogP contribution in [-0.4, -0.2) is 22.5 Å². The number of carbonyl (C=O) groups is 2. The molecule has 0 aromatic heterocycles. The molecule has 0 atom stereocenters. The molecule has 2 amide bonds. The van der Waals surface area contributed by atoms with Gasteiger partial charge in [-0.15, -0.1) is 11.8 Å². The van der Waals surface area contributed by atoms with Gasteiger partial charge >= 0.3 is 0 Å². The number of nitrogens with two attached hydrogens (primary N) is 1. The van der Waals surface area contributed by atoms with Crippen molar-refractivity contribution in [2.24, 2.45) is 5.73 Å². The molecule has 0 heterocycles. The summed E-state index contributed by atoms with van der Waals surface area (Å²) in [6, 6.07) is 11.2. The first-order valence-electron chi connectivity index (χ1n) is 6.64. The van der Waals surface area contributed by atoms with Crippen LogP contribution in [0.4, 0.5) is 11.4 Å². The van der Waals surface area contributed by atoms with Crippen molar-refractivity contribution in [2.45, 2.75) is 4.90 Å². The summed E-state index contributed by atoms with van der Waals surface area (Å²) in [6.07, 6.45) is 0. The second kappa shape index (κ2) is 8.11. The highest BCUT2D eigenvalue weighted by atomic mass is 127. The molecule has 0 saturated heterocycles. The van der Waals surface area contributed by atoms with E-state index in [4.69, 9.17) is 5.73 Å². The van der Waals surface area contributed by atoms with Gasteiger partial charge in [0.2, 0.25) is 11.8 Å². The second-order valence-corrected chi connectivity index (χ2v) is 6.80. The van der Waals surface area contributed by atoms with E-state index in [0.29, 0.717) is 10.6 Å². The summed E-state index contributed by atoms with van der Waals surface area (Å²) < 4.78 is 0.894. The fourth-order valence-corrected chi connectivity index (χ4v) is 3.15. The van der Waals surface area contributed by atoms with Crippen molar-refractivity contribution in [3.8, 4) is 0 Å². The maximum absolute atomic E-state index is 12.0. The summed E-state index contributed by atoms with van der Waals surface area (Å²) >= 11 is 3.12. The van der Waals surface area contributed by atoms with E-state index >= 15 is 0 Å². The third kappa shape index (κ3) is 4.68. The average molecular weight is 457 g/mol. The number of hydrogen-bond donors (Lipinski definition) is 2. The van der Waals surface area contributed by atoms with Crippen LogP contribution in [0.3, 0.4) is 0 Å². The number of carbonyl (C=O) groups excluding carboxylic acids is 2. The minimum atomic E-state index is -0.744. The molecule has 124 valence electrons. The topological polar surface area (TPSA) is 115 Å². The number of para-hydroxylation sites is 1. The van der Waals surface area contributed by atoms with Gasteiger partial charge in [-0.25, -0.2) is 0 Å². The summed E-state index contributed by atoms with van der Waals surface area (Å²) in [5, 5.41) is 13.9. The molecule has 0 unspecified atom stereocenters. The van der Waals surface area contributed by atoms with Crippen LogP contribution in [0.2, 0.25) is 0 Å². The molecular weight excluding hydrogens is 445 g/mol. The Morgan fingerprint density at radius 3 is 2.58 bits per heavy atom. The highest BCUT2D eigenvalue weighted by Gasteiger charge is 2.18. The molecule has 0 saturated carbocycles. The SMILES string of the molecule is NC(=O)c1ccc(SCC(=O)Nc2ccccc2I)c([N+](=O)[O-])c1. The van der Waals surface area contributed by atoms with Gasteiger partial charge in [0.05, 0.1) is 21.3 Å². The number of rotatable bonds is 6. The molecule has 24 heavy (non-hydrogen) atoms. The monoisotopic (exact) mass is 457 g/mol. The van der Waals surface area contributed by atoms with E-state index < -0.39 is 10.8 Å². The number of nitrogens with one attached hydrogen (secondary N) is 1. The first kappa shape index (κ1) is 18.2. The van der Waals surface area contributed by atoms with Crippen LogP contribution in [0.1, 0.15) is 10.4 Å². The Labute approximate surface area is 155 Å². The van der Waals surface area contributed by atoms with Crippen LogP contribution in [-0.2, 0) is 4.79 Å². The van der Waals surface area contributed by atoms with Gasteiger partial charge in [-0.1, -0.05) is 12.1 Å². The largest absolute Gasteiger partial charge is 0.366 e. The van der Waals surface area contributed by atoms with Crippen molar-refractivity contribution in [1.82, 2.24) is 0 Å². The maximum Gasteiger partial charge on any atom is 0.283 e. The number of benzene rings is 2. The molecular formula is C15H12IN3O4S. The van der Waals surface area contributed by atoms with E-state index in [1.54, 1.807) is 12.1 Å². The zero-order chi connectivity index (χ0) is 17.7. The summed E-state index contributed by atoms with van der Waals surface area (Å²) in [7, 11) is 0. The number of nitro groups is 1. The minimum absolute atomic E-state index is 0.00172. The zero-order valence-corrected chi connectivity index (χ0v) is 15.2. The molecule has 0 spiro atoms. The van der Waals surface area contributed by atoms with E-state index in [1.807, 2.05) is 12.1 Å². The first-order chi connectivity index (χ1) is 11.4. The van der Waals surface area contributed by atoms with Crippen molar-refractivity contribution in [2.75, 3.05) is 11.1 Å². The molecule has 2 rings (SSSR count). The fourth-order valence-electron chi connectivity index (χ4n) is 1.83. The van der Waals surface area contributed by atoms with Crippen LogP contribution in [0, 0.1) is 13.7 Å². The highest BCUT2D eigenvalue weighted by Crippen LogP contribution is 2.30. The summed E-state index contributed by atoms with van der Waals surface area (Å²) in [5.74, 6) is -1.02. The van der Waals surface area contributed by atoms with E-state index in [1.165, 1.54) is 12.1 Å². The lowest BCUT2D eigenvalue weighted by atomic mass is 10.2. The maximum atomic E-state index is 12.0. The van der Waals surface area contributed by atoms with Crippen molar-refractivity contribution < 1.29 is 14.5 Å². The number of halogens is 1.